The molecule has 6 heteroatoms. The van der Waals surface area contributed by atoms with Crippen molar-refractivity contribution >= 4 is 22.5 Å². The molecule has 0 aliphatic rings. The van der Waals surface area contributed by atoms with Crippen molar-refractivity contribution in [3.63, 3.8) is 0 Å². The van der Waals surface area contributed by atoms with Crippen LogP contribution in [0.1, 0.15) is 10.5 Å². The first-order chi connectivity index (χ1) is 9.67. The highest BCUT2D eigenvalue weighted by Gasteiger charge is 2.09. The summed E-state index contributed by atoms with van der Waals surface area (Å²) in [6.07, 6.45) is 1.70. The molecule has 0 unspecified atom stereocenters. The number of nitrogens with two attached hydrogens (primary N) is 1. The summed E-state index contributed by atoms with van der Waals surface area (Å²) in [5.74, 6) is 0.426. The summed E-state index contributed by atoms with van der Waals surface area (Å²) in [6, 6.07) is 10.9. The average molecular weight is 267 g/mol. The van der Waals surface area contributed by atoms with Crippen LogP contribution in [0, 0.1) is 0 Å². The zero-order valence-electron chi connectivity index (χ0n) is 10.9. The highest BCUT2D eigenvalue weighted by Crippen LogP contribution is 2.17. The van der Waals surface area contributed by atoms with Gasteiger partial charge in [-0.25, -0.2) is 9.67 Å². The number of aromatic nitrogens is 3. The first kappa shape index (κ1) is 12.2. The fourth-order valence-corrected chi connectivity index (χ4v) is 1.96. The summed E-state index contributed by atoms with van der Waals surface area (Å²) < 4.78 is 1.57. The second-order valence-electron chi connectivity index (χ2n) is 4.35. The van der Waals surface area contributed by atoms with Gasteiger partial charge in [0.2, 0.25) is 0 Å². The third-order valence-electron chi connectivity index (χ3n) is 2.98. The number of rotatable bonds is 2. The lowest BCUT2D eigenvalue weighted by Crippen LogP contribution is -2.18. The van der Waals surface area contributed by atoms with Crippen LogP contribution in [-0.2, 0) is 0 Å². The molecule has 20 heavy (non-hydrogen) atoms. The maximum Gasteiger partial charge on any atom is 0.271 e. The quantitative estimate of drug-likeness (QED) is 0.686. The van der Waals surface area contributed by atoms with E-state index in [-0.39, 0.29) is 5.91 Å². The van der Waals surface area contributed by atoms with Crippen molar-refractivity contribution in [1.82, 2.24) is 20.1 Å². The van der Waals surface area contributed by atoms with E-state index in [4.69, 9.17) is 5.73 Å². The Kier molecular flexibility index (Phi) is 2.83. The summed E-state index contributed by atoms with van der Waals surface area (Å²) in [7, 11) is 1.57. The van der Waals surface area contributed by atoms with Crippen molar-refractivity contribution < 1.29 is 4.79 Å². The molecular weight excluding hydrogens is 254 g/mol. The summed E-state index contributed by atoms with van der Waals surface area (Å²) in [5.41, 5.74) is 7.62. The summed E-state index contributed by atoms with van der Waals surface area (Å²) in [4.78, 5) is 16.0. The van der Waals surface area contributed by atoms with Crippen LogP contribution >= 0.6 is 0 Å². The minimum absolute atomic E-state index is 0.225. The molecule has 0 spiro atoms. The van der Waals surface area contributed by atoms with E-state index in [1.807, 2.05) is 24.3 Å². The molecule has 0 saturated carbocycles. The van der Waals surface area contributed by atoms with Gasteiger partial charge in [0.1, 0.15) is 0 Å². The van der Waals surface area contributed by atoms with Crippen LogP contribution in [-0.4, -0.2) is 27.7 Å². The van der Waals surface area contributed by atoms with E-state index in [2.05, 4.69) is 15.4 Å². The number of nitrogens with one attached hydrogen (secondary N) is 1. The molecule has 100 valence electrons. The van der Waals surface area contributed by atoms with Crippen LogP contribution in [0.2, 0.25) is 0 Å². The van der Waals surface area contributed by atoms with E-state index >= 15 is 0 Å². The fraction of sp³-hybridized carbons (Fsp3) is 0.0714. The molecule has 0 saturated heterocycles. The Labute approximate surface area is 115 Å². The lowest BCUT2D eigenvalue weighted by molar-refractivity contribution is 0.0957. The van der Waals surface area contributed by atoms with Crippen LogP contribution in [0.3, 0.4) is 0 Å². The SMILES string of the molecule is CNC(=O)c1ccn(-c2ccc3cc(N)ccc3n2)n1. The molecule has 2 heterocycles. The van der Waals surface area contributed by atoms with Crippen molar-refractivity contribution in [1.29, 1.82) is 0 Å². The van der Waals surface area contributed by atoms with Crippen molar-refractivity contribution in [2.45, 2.75) is 0 Å². The molecule has 3 aromatic rings. The monoisotopic (exact) mass is 267 g/mol. The maximum atomic E-state index is 11.5. The molecule has 0 fully saturated rings. The van der Waals surface area contributed by atoms with E-state index in [1.54, 1.807) is 30.1 Å². The number of pyridine rings is 1. The first-order valence-corrected chi connectivity index (χ1v) is 6.12. The van der Waals surface area contributed by atoms with Gasteiger partial charge in [0, 0.05) is 24.3 Å². The average Bonchev–Trinajstić information content (AvgIpc) is 2.95. The smallest absolute Gasteiger partial charge is 0.271 e. The normalized spacial score (nSPS) is 10.7. The number of hydrogen-bond acceptors (Lipinski definition) is 4. The third kappa shape index (κ3) is 2.07. The second-order valence-corrected chi connectivity index (χ2v) is 4.35. The molecule has 3 rings (SSSR count). The minimum atomic E-state index is -0.225. The van der Waals surface area contributed by atoms with Gasteiger partial charge in [-0.05, 0) is 36.4 Å². The first-order valence-electron chi connectivity index (χ1n) is 6.12. The summed E-state index contributed by atoms with van der Waals surface area (Å²) >= 11 is 0. The Morgan fingerprint density at radius 1 is 1.25 bits per heavy atom. The molecule has 1 aromatic carbocycles. The van der Waals surface area contributed by atoms with Gasteiger partial charge < -0.3 is 11.1 Å². The van der Waals surface area contributed by atoms with Gasteiger partial charge >= 0.3 is 0 Å². The number of amides is 1. The van der Waals surface area contributed by atoms with Gasteiger partial charge in [-0.1, -0.05) is 0 Å². The zero-order valence-corrected chi connectivity index (χ0v) is 10.9. The number of fused-ring (bicyclic) bond motifs is 1. The Hall–Kier alpha value is -2.89. The van der Waals surface area contributed by atoms with Gasteiger partial charge in [0.25, 0.3) is 5.91 Å². The van der Waals surface area contributed by atoms with Gasteiger partial charge in [0.15, 0.2) is 11.5 Å². The molecule has 0 atom stereocenters. The summed E-state index contributed by atoms with van der Waals surface area (Å²) in [6.45, 7) is 0. The molecule has 6 nitrogen and oxygen atoms in total. The summed E-state index contributed by atoms with van der Waals surface area (Å²) in [5, 5.41) is 7.69. The van der Waals surface area contributed by atoms with E-state index in [9.17, 15) is 4.79 Å². The van der Waals surface area contributed by atoms with Gasteiger partial charge in [-0.15, -0.1) is 0 Å². The Morgan fingerprint density at radius 2 is 2.10 bits per heavy atom. The Morgan fingerprint density at radius 3 is 2.90 bits per heavy atom. The van der Waals surface area contributed by atoms with Crippen molar-refractivity contribution in [2.24, 2.45) is 0 Å². The van der Waals surface area contributed by atoms with E-state index in [0.29, 0.717) is 17.2 Å². The number of carbonyl (C=O) groups excluding carboxylic acids is 1. The topological polar surface area (TPSA) is 85.8 Å². The number of hydrogen-bond donors (Lipinski definition) is 2. The zero-order chi connectivity index (χ0) is 14.1. The lowest BCUT2D eigenvalue weighted by atomic mass is 10.2. The van der Waals surface area contributed by atoms with Gasteiger partial charge in [-0.3, -0.25) is 4.79 Å². The maximum absolute atomic E-state index is 11.5. The van der Waals surface area contributed by atoms with Crippen molar-refractivity contribution in [2.75, 3.05) is 12.8 Å². The van der Waals surface area contributed by atoms with Crippen LogP contribution in [0.25, 0.3) is 16.7 Å². The minimum Gasteiger partial charge on any atom is -0.399 e. The van der Waals surface area contributed by atoms with Crippen molar-refractivity contribution in [3.8, 4) is 5.82 Å². The van der Waals surface area contributed by atoms with Crippen LogP contribution in [0.4, 0.5) is 5.69 Å². The third-order valence-corrected chi connectivity index (χ3v) is 2.98. The predicted molar refractivity (Wildman–Crippen MR) is 76.7 cm³/mol. The number of nitrogens with zero attached hydrogens (tertiary/aromatic N) is 3. The lowest BCUT2D eigenvalue weighted by Gasteiger charge is -2.03. The van der Waals surface area contributed by atoms with Gasteiger partial charge in [-0.2, -0.15) is 5.10 Å². The van der Waals surface area contributed by atoms with Crippen LogP contribution in [0.5, 0.6) is 0 Å². The largest absolute Gasteiger partial charge is 0.399 e. The fourth-order valence-electron chi connectivity index (χ4n) is 1.96. The standard InChI is InChI=1S/C14H13N5O/c1-16-14(20)12-6-7-19(18-12)13-5-2-9-8-10(15)3-4-11(9)17-13/h2-8H,15H2,1H3,(H,16,20). The number of benzene rings is 1. The Bertz CT molecular complexity index is 793. The molecule has 3 N–H and O–H groups in total. The Balaban J connectivity index is 2.03. The van der Waals surface area contributed by atoms with Crippen molar-refractivity contribution in [3.05, 3.63) is 48.3 Å². The number of anilines is 1. The highest BCUT2D eigenvalue weighted by molar-refractivity contribution is 5.92. The molecule has 0 aliphatic heterocycles. The molecule has 1 amide bonds. The van der Waals surface area contributed by atoms with E-state index in [1.165, 1.54) is 0 Å². The van der Waals surface area contributed by atoms with Crippen LogP contribution < -0.4 is 11.1 Å². The van der Waals surface area contributed by atoms with E-state index < -0.39 is 0 Å². The van der Waals surface area contributed by atoms with Gasteiger partial charge in [0.05, 0.1) is 5.52 Å². The number of nitrogen functional groups attached to an aromatic ring is 1. The highest BCUT2D eigenvalue weighted by atomic mass is 16.1. The number of carbonyl (C=O) groups is 1. The molecule has 2 aromatic heterocycles. The predicted octanol–water partition coefficient (Wildman–Crippen LogP) is 1.36. The molecule has 0 bridgehead atoms. The molecule has 0 aliphatic carbocycles. The van der Waals surface area contributed by atoms with Crippen LogP contribution in [0.15, 0.2) is 42.6 Å². The van der Waals surface area contributed by atoms with E-state index in [0.717, 1.165) is 10.9 Å². The second kappa shape index (κ2) is 4.65. The molecular formula is C14H13N5O. The molecule has 0 radical (unpaired) electrons.